The van der Waals surface area contributed by atoms with Gasteiger partial charge in [0, 0.05) is 26.6 Å². The normalized spacial score (nSPS) is 11.4. The van der Waals surface area contributed by atoms with E-state index in [1.54, 1.807) is 0 Å². The molecule has 3 aromatic carbocycles. The first-order chi connectivity index (χ1) is 17.3. The van der Waals surface area contributed by atoms with E-state index in [0.29, 0.717) is 0 Å². The largest absolute Gasteiger partial charge is 0.492 e. The first-order valence-corrected chi connectivity index (χ1v) is 14.5. The fourth-order valence-electron chi connectivity index (χ4n) is 4.85. The van der Waals surface area contributed by atoms with Crippen molar-refractivity contribution in [2.75, 3.05) is 13.2 Å². The minimum Gasteiger partial charge on any atom is -0.492 e. The Balaban J connectivity index is 1.70. The number of hydrogen-bond donors (Lipinski definition) is 0. The number of benzene rings is 3. The summed E-state index contributed by atoms with van der Waals surface area (Å²) in [6.07, 6.45) is 17.9. The van der Waals surface area contributed by atoms with Crippen LogP contribution < -0.4 is 9.47 Å². The van der Waals surface area contributed by atoms with Crippen molar-refractivity contribution in [1.29, 1.82) is 0 Å². The fraction of sp³-hybridized carbons (Fsp3) is 0.562. The van der Waals surface area contributed by atoms with Crippen LogP contribution in [0.3, 0.4) is 0 Å². The molecule has 0 radical (unpaired) electrons. The topological polar surface area (TPSA) is 18.5 Å². The van der Waals surface area contributed by atoms with Gasteiger partial charge in [0.05, 0.1) is 13.2 Å². The van der Waals surface area contributed by atoms with Crippen LogP contribution in [0.1, 0.15) is 104 Å². The van der Waals surface area contributed by atoms with E-state index in [1.807, 2.05) is 12.1 Å². The molecule has 0 atom stereocenters. The zero-order valence-corrected chi connectivity index (χ0v) is 22.8. The summed E-state index contributed by atoms with van der Waals surface area (Å²) in [5.74, 6) is 1.90. The summed E-state index contributed by atoms with van der Waals surface area (Å²) in [5.41, 5.74) is 0. The van der Waals surface area contributed by atoms with Crippen LogP contribution >= 0.6 is 11.6 Å². The van der Waals surface area contributed by atoms with E-state index in [9.17, 15) is 0 Å². The van der Waals surface area contributed by atoms with Gasteiger partial charge in [-0.05, 0) is 31.0 Å². The number of ether oxygens (including phenoxy) is 2. The van der Waals surface area contributed by atoms with E-state index in [-0.39, 0.29) is 0 Å². The Morgan fingerprint density at radius 2 is 0.943 bits per heavy atom. The fourth-order valence-corrected chi connectivity index (χ4v) is 5.02. The molecule has 0 spiro atoms. The Labute approximate surface area is 218 Å². The molecule has 0 saturated carbocycles. The van der Waals surface area contributed by atoms with Crippen LogP contribution in [0.5, 0.6) is 11.5 Å². The molecule has 0 aromatic heterocycles. The summed E-state index contributed by atoms with van der Waals surface area (Å²) < 4.78 is 12.9. The Hall–Kier alpha value is -1.93. The summed E-state index contributed by atoms with van der Waals surface area (Å²) in [5, 5.41) is 5.10. The second-order valence-corrected chi connectivity index (χ2v) is 10.3. The van der Waals surface area contributed by atoms with Crippen molar-refractivity contribution in [2.24, 2.45) is 0 Å². The lowest BCUT2D eigenvalue weighted by Gasteiger charge is -2.18. The van der Waals surface area contributed by atoms with Crippen molar-refractivity contribution in [3.05, 3.63) is 47.5 Å². The van der Waals surface area contributed by atoms with E-state index in [4.69, 9.17) is 21.1 Å². The van der Waals surface area contributed by atoms with Crippen molar-refractivity contribution >= 4 is 33.1 Å². The van der Waals surface area contributed by atoms with Gasteiger partial charge in [0.25, 0.3) is 0 Å². The molecule has 0 aliphatic rings. The molecule has 3 aromatic rings. The second-order valence-electron chi connectivity index (χ2n) is 9.83. The summed E-state index contributed by atoms with van der Waals surface area (Å²) in [4.78, 5) is 0. The summed E-state index contributed by atoms with van der Waals surface area (Å²) in [6.45, 7) is 6.01. The average Bonchev–Trinajstić information content (AvgIpc) is 2.87. The van der Waals surface area contributed by atoms with E-state index in [1.165, 1.54) is 77.0 Å². The van der Waals surface area contributed by atoms with Gasteiger partial charge in [0.2, 0.25) is 0 Å². The maximum absolute atomic E-state index is 6.45. The van der Waals surface area contributed by atoms with Crippen molar-refractivity contribution in [3.8, 4) is 11.5 Å². The number of fused-ring (bicyclic) bond motifs is 2. The van der Waals surface area contributed by atoms with Crippen LogP contribution in [0.25, 0.3) is 21.5 Å². The van der Waals surface area contributed by atoms with Crippen molar-refractivity contribution in [2.45, 2.75) is 104 Å². The van der Waals surface area contributed by atoms with Crippen LogP contribution in [0.2, 0.25) is 5.02 Å². The molecule has 0 fully saturated rings. The monoisotopic (exact) mass is 496 g/mol. The van der Waals surface area contributed by atoms with Crippen molar-refractivity contribution in [1.82, 2.24) is 0 Å². The molecule has 2 nitrogen and oxygen atoms in total. The molecule has 192 valence electrons. The Morgan fingerprint density at radius 1 is 0.514 bits per heavy atom. The third-order valence-corrected chi connectivity index (χ3v) is 7.11. The molecule has 0 aliphatic carbocycles. The smallest absolute Gasteiger partial charge is 0.135 e. The molecule has 0 aliphatic heterocycles. The quantitative estimate of drug-likeness (QED) is 0.129. The first kappa shape index (κ1) is 27.7. The average molecular weight is 497 g/mol. The number of hydrogen-bond acceptors (Lipinski definition) is 2. The highest BCUT2D eigenvalue weighted by molar-refractivity contribution is 6.31. The lowest BCUT2D eigenvalue weighted by Crippen LogP contribution is -2.02. The third-order valence-electron chi connectivity index (χ3n) is 6.88. The van der Waals surface area contributed by atoms with Crippen molar-refractivity contribution < 1.29 is 9.47 Å². The highest BCUT2D eigenvalue weighted by Crippen LogP contribution is 2.43. The predicted octanol–water partition coefficient (Wildman–Crippen LogP) is 10.9. The van der Waals surface area contributed by atoms with Gasteiger partial charge in [-0.1, -0.05) is 127 Å². The summed E-state index contributed by atoms with van der Waals surface area (Å²) in [6, 6.07) is 14.6. The van der Waals surface area contributed by atoms with E-state index >= 15 is 0 Å². The van der Waals surface area contributed by atoms with Crippen LogP contribution in [0.15, 0.2) is 42.5 Å². The minimum absolute atomic E-state index is 0.728. The van der Waals surface area contributed by atoms with Crippen LogP contribution in [0.4, 0.5) is 0 Å². The molecule has 0 unspecified atom stereocenters. The van der Waals surface area contributed by atoms with E-state index in [0.717, 1.165) is 64.1 Å². The molecular weight excluding hydrogens is 452 g/mol. The minimum atomic E-state index is 0.728. The van der Waals surface area contributed by atoms with Crippen LogP contribution in [0, 0.1) is 0 Å². The molecule has 3 heteroatoms. The third kappa shape index (κ3) is 8.60. The van der Waals surface area contributed by atoms with Gasteiger partial charge in [0.15, 0.2) is 0 Å². The SMILES string of the molecule is CCCCCCCCCOc1c2ccccc2c(OCCCCCCCCC)c2cc(Cl)ccc12. The predicted molar refractivity (Wildman–Crippen MR) is 153 cm³/mol. The first-order valence-electron chi connectivity index (χ1n) is 14.2. The lowest BCUT2D eigenvalue weighted by atomic mass is 10.0. The van der Waals surface area contributed by atoms with Crippen LogP contribution in [-0.4, -0.2) is 13.2 Å². The standard InChI is InChI=1S/C32H45ClO2/c1-3-5-7-9-11-13-17-23-34-31-27-19-15-16-20-28(27)32(30-25-26(33)21-22-29(30)31)35-24-18-14-12-10-8-6-4-2/h15-16,19-22,25H,3-14,17-18,23-24H2,1-2H3. The zero-order valence-electron chi connectivity index (χ0n) is 22.0. The molecule has 0 amide bonds. The lowest BCUT2D eigenvalue weighted by molar-refractivity contribution is 0.306. The molecule has 3 rings (SSSR count). The maximum atomic E-state index is 6.45. The van der Waals surface area contributed by atoms with Gasteiger partial charge in [-0.3, -0.25) is 0 Å². The van der Waals surface area contributed by atoms with Gasteiger partial charge in [-0.15, -0.1) is 0 Å². The Kier molecular flexibility index (Phi) is 12.6. The Morgan fingerprint density at radius 3 is 1.46 bits per heavy atom. The molecule has 0 N–H and O–H groups in total. The van der Waals surface area contributed by atoms with Gasteiger partial charge < -0.3 is 9.47 Å². The Bertz CT molecular complexity index is 1010. The van der Waals surface area contributed by atoms with Gasteiger partial charge >= 0.3 is 0 Å². The van der Waals surface area contributed by atoms with E-state index < -0.39 is 0 Å². The molecule has 0 heterocycles. The maximum Gasteiger partial charge on any atom is 0.135 e. The number of unbranched alkanes of at least 4 members (excludes halogenated alkanes) is 12. The number of rotatable bonds is 18. The summed E-state index contributed by atoms with van der Waals surface area (Å²) >= 11 is 6.44. The van der Waals surface area contributed by atoms with Gasteiger partial charge in [-0.2, -0.15) is 0 Å². The highest BCUT2D eigenvalue weighted by atomic mass is 35.5. The van der Waals surface area contributed by atoms with E-state index in [2.05, 4.69) is 44.2 Å². The zero-order chi connectivity index (χ0) is 24.7. The second kappa shape index (κ2) is 15.9. The van der Waals surface area contributed by atoms with Gasteiger partial charge in [-0.25, -0.2) is 0 Å². The highest BCUT2D eigenvalue weighted by Gasteiger charge is 2.16. The molecule has 0 saturated heterocycles. The van der Waals surface area contributed by atoms with Crippen LogP contribution in [-0.2, 0) is 0 Å². The van der Waals surface area contributed by atoms with Gasteiger partial charge in [0.1, 0.15) is 11.5 Å². The summed E-state index contributed by atoms with van der Waals surface area (Å²) in [7, 11) is 0. The molecular formula is C32H45ClO2. The number of halogens is 1. The molecule has 0 bridgehead atoms. The molecule has 35 heavy (non-hydrogen) atoms. The van der Waals surface area contributed by atoms with Crippen molar-refractivity contribution in [3.63, 3.8) is 0 Å².